The van der Waals surface area contributed by atoms with Gasteiger partial charge in [0.25, 0.3) is 0 Å². The predicted octanol–water partition coefficient (Wildman–Crippen LogP) is -2.97. The van der Waals surface area contributed by atoms with E-state index in [-0.39, 0.29) is 58.9 Å². The number of allylic oxidation sites excluding steroid dienone is 4. The van der Waals surface area contributed by atoms with E-state index in [0.29, 0.717) is 0 Å². The van der Waals surface area contributed by atoms with Gasteiger partial charge in [0.2, 0.25) is 0 Å². The molecule has 0 aliphatic heterocycles. The van der Waals surface area contributed by atoms with Gasteiger partial charge in [0.1, 0.15) is 0 Å². The Morgan fingerprint density at radius 1 is 0.583 bits per heavy atom. The van der Waals surface area contributed by atoms with Crippen LogP contribution in [0.1, 0.15) is 53.1 Å². The molecule has 3 aromatic rings. The molecule has 188 valence electrons. The van der Waals surface area contributed by atoms with Crippen LogP contribution in [-0.2, 0) is 21.7 Å². The van der Waals surface area contributed by atoms with Crippen LogP contribution in [0.2, 0.25) is 0 Å². The van der Waals surface area contributed by atoms with E-state index in [0.717, 1.165) is 12.8 Å². The number of halogens is 3. The number of rotatable bonds is 5. The van der Waals surface area contributed by atoms with E-state index in [9.17, 15) is 0 Å². The molecule has 0 amide bonds. The van der Waals surface area contributed by atoms with Crippen LogP contribution < -0.4 is 52.8 Å². The van der Waals surface area contributed by atoms with Crippen LogP contribution in [-0.4, -0.2) is 8.07 Å². The van der Waals surface area contributed by atoms with Crippen molar-refractivity contribution in [2.24, 2.45) is 0 Å². The maximum absolute atomic E-state index is 3.72. The fourth-order valence-corrected chi connectivity index (χ4v) is 11.5. The Morgan fingerprint density at radius 3 is 1.17 bits per heavy atom. The predicted molar refractivity (Wildman–Crippen MR) is 142 cm³/mol. The minimum atomic E-state index is -2.50. The Bertz CT molecular complexity index is 1070. The van der Waals surface area contributed by atoms with E-state index in [1.807, 2.05) is 0 Å². The Labute approximate surface area is 253 Å². The summed E-state index contributed by atoms with van der Waals surface area (Å²) in [4.78, 5) is 0. The molecule has 0 N–H and O–H groups in total. The molecule has 0 radical (unpaired) electrons. The van der Waals surface area contributed by atoms with Crippen LogP contribution in [0.25, 0.3) is 0 Å². The summed E-state index contributed by atoms with van der Waals surface area (Å²) in [5, 5.41) is 6.02. The van der Waals surface area contributed by atoms with Crippen molar-refractivity contribution in [3.8, 4) is 0 Å². The van der Waals surface area contributed by atoms with Crippen LogP contribution in [0.4, 0.5) is 0 Å². The summed E-state index contributed by atoms with van der Waals surface area (Å²) in [6.07, 6.45) is 8.15. The molecule has 0 heterocycles. The molecular weight excluding hydrogens is 555 g/mol. The summed E-state index contributed by atoms with van der Waals surface area (Å²) < 4.78 is 0. The Kier molecular flexibility index (Phi) is 13.8. The number of hydrogen-bond donors (Lipinski definition) is 0. The molecule has 5 heteroatoms. The maximum atomic E-state index is 3.72. The fraction of sp³-hybridized carbons (Fsp3) is 0.290. The molecule has 0 bridgehead atoms. The third-order valence-corrected chi connectivity index (χ3v) is 11.4. The van der Waals surface area contributed by atoms with Crippen LogP contribution in [0.15, 0.2) is 71.4 Å². The second-order valence-electron chi connectivity index (χ2n) is 9.71. The first-order valence-corrected chi connectivity index (χ1v) is 13.8. The summed E-state index contributed by atoms with van der Waals surface area (Å²) in [5.41, 5.74) is 9.47. The van der Waals surface area contributed by atoms with Gasteiger partial charge in [0, 0.05) is 0 Å². The van der Waals surface area contributed by atoms with Gasteiger partial charge in [-0.25, -0.2) is 5.57 Å². The molecule has 0 atom stereocenters. The number of hydrogen-bond acceptors (Lipinski definition) is 0. The van der Waals surface area contributed by atoms with Crippen molar-refractivity contribution < 1.29 is 58.9 Å². The van der Waals surface area contributed by atoms with E-state index < -0.39 is 8.07 Å². The largest absolute Gasteiger partial charge is 4.00 e. The van der Waals surface area contributed by atoms with Crippen molar-refractivity contribution in [2.75, 3.05) is 0 Å². The van der Waals surface area contributed by atoms with E-state index >= 15 is 0 Å². The second-order valence-corrected chi connectivity index (χ2v) is 13.5. The van der Waals surface area contributed by atoms with Gasteiger partial charge < -0.3 is 37.2 Å². The molecule has 36 heavy (non-hydrogen) atoms. The van der Waals surface area contributed by atoms with E-state index in [1.54, 1.807) is 5.20 Å². The molecule has 0 unspecified atom stereocenters. The molecule has 0 saturated heterocycles. The Balaban J connectivity index is 0.00000306. The van der Waals surface area contributed by atoms with Crippen molar-refractivity contribution in [1.82, 2.24) is 0 Å². The number of aryl methyl sites for hydroxylation is 6. The monoisotopic (exact) mass is 588 g/mol. The zero-order valence-corrected chi connectivity index (χ0v) is 27.2. The third-order valence-electron chi connectivity index (χ3n) is 6.67. The average Bonchev–Trinajstić information content (AvgIpc) is 3.15. The zero-order chi connectivity index (χ0) is 23.0. The molecule has 3 aromatic carbocycles. The molecule has 4 rings (SSSR count). The first-order valence-electron chi connectivity index (χ1n) is 11.8. The summed E-state index contributed by atoms with van der Waals surface area (Å²) in [7, 11) is -2.50. The van der Waals surface area contributed by atoms with Gasteiger partial charge in [-0.1, -0.05) is 117 Å². The standard InChI is InChI=1S/C31H35Si.3ClH.Ti/c1-8-27-10-9-11-31(27)32(28-15-21(2)12-22(3)16-28,29-17-23(4)13-24(5)18-29)30-19-25(6)14-26(7)20-30;;;;/h11-20H,8-9H2,1-7H3;3*1H;/q-1;;;;+4/p-3. The SMILES string of the molecule is CCC1=[C-]CC=C1[Si](c1cc(C)cc(C)c1)(c1cc(C)cc(C)c1)c1cc(C)cc(C)c1.[Cl-].[Cl-].[Cl-].[Ti+4]. The summed E-state index contributed by atoms with van der Waals surface area (Å²) in [6, 6.07) is 21.7. The summed E-state index contributed by atoms with van der Waals surface area (Å²) in [5.74, 6) is 0. The van der Waals surface area contributed by atoms with Gasteiger partial charge in [-0.2, -0.15) is 11.3 Å². The molecule has 0 nitrogen and oxygen atoms in total. The molecule has 1 aliphatic carbocycles. The quantitative estimate of drug-likeness (QED) is 0.170. The van der Waals surface area contributed by atoms with Crippen molar-refractivity contribution in [3.63, 3.8) is 0 Å². The minimum Gasteiger partial charge on any atom is -1.00 e. The van der Waals surface area contributed by atoms with E-state index in [2.05, 4.69) is 115 Å². The van der Waals surface area contributed by atoms with Crippen molar-refractivity contribution >= 4 is 23.6 Å². The van der Waals surface area contributed by atoms with Gasteiger partial charge in [0.05, 0.1) is 8.07 Å². The average molecular weight is 590 g/mol. The van der Waals surface area contributed by atoms with Crippen LogP contribution in [0, 0.1) is 47.6 Å². The van der Waals surface area contributed by atoms with Crippen molar-refractivity contribution in [2.45, 2.75) is 61.3 Å². The second kappa shape index (κ2) is 14.2. The maximum Gasteiger partial charge on any atom is 4.00 e. The minimum absolute atomic E-state index is 0. The van der Waals surface area contributed by atoms with Gasteiger partial charge >= 0.3 is 21.7 Å². The molecule has 0 aromatic heterocycles. The van der Waals surface area contributed by atoms with Crippen LogP contribution in [0.5, 0.6) is 0 Å². The van der Waals surface area contributed by atoms with Crippen molar-refractivity contribution in [1.29, 1.82) is 0 Å². The molecular formula is C31H35Cl3SiTi. The molecule has 0 fully saturated rings. The first-order chi connectivity index (χ1) is 15.2. The van der Waals surface area contributed by atoms with Gasteiger partial charge in [-0.05, 0) is 41.5 Å². The topological polar surface area (TPSA) is 0 Å². The summed E-state index contributed by atoms with van der Waals surface area (Å²) >= 11 is 0. The number of benzene rings is 3. The normalized spacial score (nSPS) is 12.3. The molecule has 0 saturated carbocycles. The Morgan fingerprint density at radius 2 is 0.889 bits per heavy atom. The first kappa shape index (κ1) is 34.9. The van der Waals surface area contributed by atoms with Crippen LogP contribution >= 0.6 is 0 Å². The van der Waals surface area contributed by atoms with E-state index in [1.165, 1.54) is 54.5 Å². The fourth-order valence-electron chi connectivity index (χ4n) is 5.73. The van der Waals surface area contributed by atoms with Gasteiger partial charge in [-0.15, -0.1) is 6.42 Å². The molecule has 1 aliphatic rings. The van der Waals surface area contributed by atoms with Gasteiger partial charge in [-0.3, -0.25) is 6.08 Å². The van der Waals surface area contributed by atoms with E-state index in [4.69, 9.17) is 0 Å². The van der Waals surface area contributed by atoms with Crippen molar-refractivity contribution in [3.05, 3.63) is 111 Å². The zero-order valence-electron chi connectivity index (χ0n) is 22.3. The third kappa shape index (κ3) is 6.68. The van der Waals surface area contributed by atoms with Crippen LogP contribution in [0.3, 0.4) is 0 Å². The Hall–Kier alpha value is -1.06. The molecule has 0 spiro atoms. The summed E-state index contributed by atoms with van der Waals surface area (Å²) in [6.45, 7) is 15.7. The van der Waals surface area contributed by atoms with Gasteiger partial charge in [0.15, 0.2) is 0 Å². The smallest absolute Gasteiger partial charge is 1.00 e.